The summed E-state index contributed by atoms with van der Waals surface area (Å²) in [7, 11) is 0. The topological polar surface area (TPSA) is 208 Å². The van der Waals surface area contributed by atoms with Crippen LogP contribution in [0.4, 0.5) is 0 Å². The zero-order valence-corrected chi connectivity index (χ0v) is 15.5. The molecule has 0 rings (SSSR count). The average molecular weight is 408 g/mol. The first-order valence-electron chi connectivity index (χ1n) is 7.80. The van der Waals surface area contributed by atoms with Gasteiger partial charge in [-0.15, -0.1) is 0 Å². The summed E-state index contributed by atoms with van der Waals surface area (Å²) < 4.78 is 0. The standard InChI is InChI=1S/C14H24N4O8S/c1-27-3-2-7(12(23)18-8(14(25)26)4-11(21)22)17-13(24)9(6-19)16-10(20)5-15/h7-9,19H,2-6,15H2,1H3,(H,16,20)(H,17,24)(H,18,23)(H,21,22)(H,25,26). The Morgan fingerprint density at radius 3 is 1.96 bits per heavy atom. The molecule has 3 atom stereocenters. The third kappa shape index (κ3) is 9.77. The monoisotopic (exact) mass is 408 g/mol. The lowest BCUT2D eigenvalue weighted by molar-refractivity contribution is -0.147. The van der Waals surface area contributed by atoms with Crippen molar-refractivity contribution in [2.24, 2.45) is 5.73 Å². The van der Waals surface area contributed by atoms with Crippen LogP contribution in [0.5, 0.6) is 0 Å². The van der Waals surface area contributed by atoms with Gasteiger partial charge in [-0.25, -0.2) is 4.79 Å². The summed E-state index contributed by atoms with van der Waals surface area (Å²) in [5.74, 6) is -4.99. The van der Waals surface area contributed by atoms with Crippen molar-refractivity contribution in [2.75, 3.05) is 25.2 Å². The number of aliphatic hydroxyl groups is 1. The van der Waals surface area contributed by atoms with Gasteiger partial charge >= 0.3 is 11.9 Å². The van der Waals surface area contributed by atoms with E-state index in [0.717, 1.165) is 0 Å². The van der Waals surface area contributed by atoms with Crippen LogP contribution in [0.15, 0.2) is 0 Å². The predicted molar refractivity (Wildman–Crippen MR) is 94.8 cm³/mol. The van der Waals surface area contributed by atoms with Crippen molar-refractivity contribution >= 4 is 41.4 Å². The Hall–Kier alpha value is -2.38. The highest BCUT2D eigenvalue weighted by molar-refractivity contribution is 7.98. The second kappa shape index (κ2) is 12.9. The lowest BCUT2D eigenvalue weighted by atomic mass is 10.1. The lowest BCUT2D eigenvalue weighted by Gasteiger charge is -2.23. The molecule has 13 heteroatoms. The predicted octanol–water partition coefficient (Wildman–Crippen LogP) is -3.30. The highest BCUT2D eigenvalue weighted by atomic mass is 32.2. The van der Waals surface area contributed by atoms with Gasteiger partial charge < -0.3 is 37.0 Å². The van der Waals surface area contributed by atoms with E-state index < -0.39 is 67.4 Å². The number of carboxylic acid groups (broad SMARTS) is 2. The van der Waals surface area contributed by atoms with Gasteiger partial charge in [-0.1, -0.05) is 0 Å². The van der Waals surface area contributed by atoms with Crippen LogP contribution in [0.25, 0.3) is 0 Å². The Balaban J connectivity index is 5.14. The molecule has 27 heavy (non-hydrogen) atoms. The van der Waals surface area contributed by atoms with Gasteiger partial charge in [0.1, 0.15) is 18.1 Å². The van der Waals surface area contributed by atoms with E-state index >= 15 is 0 Å². The zero-order chi connectivity index (χ0) is 21.0. The molecule has 0 bridgehead atoms. The summed E-state index contributed by atoms with van der Waals surface area (Å²) in [6.45, 7) is -1.15. The molecule has 0 aromatic carbocycles. The van der Waals surface area contributed by atoms with Crippen LogP contribution in [0.1, 0.15) is 12.8 Å². The second-order valence-corrected chi connectivity index (χ2v) is 6.33. The molecule has 0 aromatic heterocycles. The molecule has 12 nitrogen and oxygen atoms in total. The molecule has 3 amide bonds. The first-order chi connectivity index (χ1) is 12.7. The van der Waals surface area contributed by atoms with E-state index in [1.54, 1.807) is 6.26 Å². The molecule has 0 aromatic rings. The van der Waals surface area contributed by atoms with E-state index in [2.05, 4.69) is 16.0 Å². The Labute approximate surface area is 159 Å². The number of carbonyl (C=O) groups is 5. The van der Waals surface area contributed by atoms with Crippen molar-refractivity contribution in [3.8, 4) is 0 Å². The maximum atomic E-state index is 12.3. The number of thioether (sulfide) groups is 1. The molecule has 8 N–H and O–H groups in total. The van der Waals surface area contributed by atoms with Crippen molar-refractivity contribution in [2.45, 2.75) is 31.0 Å². The van der Waals surface area contributed by atoms with Crippen LogP contribution >= 0.6 is 11.8 Å². The summed E-state index contributed by atoms with van der Waals surface area (Å²) in [5, 5.41) is 33.5. The molecular weight excluding hydrogens is 384 g/mol. The van der Waals surface area contributed by atoms with E-state index in [9.17, 15) is 29.1 Å². The minimum absolute atomic E-state index is 0.112. The molecule has 0 radical (unpaired) electrons. The fourth-order valence-electron chi connectivity index (χ4n) is 1.87. The summed E-state index contributed by atoms with van der Waals surface area (Å²) >= 11 is 1.36. The summed E-state index contributed by atoms with van der Waals surface area (Å²) in [6.07, 6.45) is 1.02. The van der Waals surface area contributed by atoms with Crippen LogP contribution in [0, 0.1) is 0 Å². The SMILES string of the molecule is CSCCC(NC(=O)C(CO)NC(=O)CN)C(=O)NC(CC(=O)O)C(=O)O. The molecule has 0 aliphatic heterocycles. The van der Waals surface area contributed by atoms with Crippen LogP contribution in [0.2, 0.25) is 0 Å². The molecular formula is C14H24N4O8S. The number of nitrogens with two attached hydrogens (primary N) is 1. The minimum Gasteiger partial charge on any atom is -0.481 e. The second-order valence-electron chi connectivity index (χ2n) is 5.35. The number of hydrogen-bond acceptors (Lipinski definition) is 8. The molecule has 0 heterocycles. The summed E-state index contributed by atoms with van der Waals surface area (Å²) in [6, 6.07) is -4.21. The Morgan fingerprint density at radius 1 is 0.963 bits per heavy atom. The van der Waals surface area contributed by atoms with Crippen molar-refractivity contribution in [1.82, 2.24) is 16.0 Å². The van der Waals surface area contributed by atoms with E-state index in [1.165, 1.54) is 11.8 Å². The number of rotatable bonds is 13. The highest BCUT2D eigenvalue weighted by Crippen LogP contribution is 2.04. The van der Waals surface area contributed by atoms with E-state index in [-0.39, 0.29) is 6.42 Å². The van der Waals surface area contributed by atoms with Gasteiger partial charge in [0.25, 0.3) is 0 Å². The Kier molecular flexibility index (Phi) is 11.8. The number of hydrogen-bond donors (Lipinski definition) is 7. The summed E-state index contributed by atoms with van der Waals surface area (Å²) in [5.41, 5.74) is 5.12. The van der Waals surface area contributed by atoms with Gasteiger partial charge in [0.15, 0.2) is 0 Å². The highest BCUT2D eigenvalue weighted by Gasteiger charge is 2.30. The van der Waals surface area contributed by atoms with Crippen molar-refractivity contribution in [3.05, 3.63) is 0 Å². The fraction of sp³-hybridized carbons (Fsp3) is 0.643. The Morgan fingerprint density at radius 2 is 1.52 bits per heavy atom. The number of nitrogens with one attached hydrogen (secondary N) is 3. The third-order valence-electron chi connectivity index (χ3n) is 3.26. The number of aliphatic hydroxyl groups excluding tert-OH is 1. The van der Waals surface area contributed by atoms with Gasteiger partial charge in [-0.2, -0.15) is 11.8 Å². The van der Waals surface area contributed by atoms with Crippen molar-refractivity contribution in [1.29, 1.82) is 0 Å². The smallest absolute Gasteiger partial charge is 0.326 e. The van der Waals surface area contributed by atoms with Gasteiger partial charge in [-0.3, -0.25) is 19.2 Å². The van der Waals surface area contributed by atoms with Crippen LogP contribution in [-0.2, 0) is 24.0 Å². The first kappa shape index (κ1) is 24.6. The number of carboxylic acids is 2. The van der Waals surface area contributed by atoms with Crippen molar-refractivity contribution < 1.29 is 39.3 Å². The molecule has 3 unspecified atom stereocenters. The van der Waals surface area contributed by atoms with Crippen molar-refractivity contribution in [3.63, 3.8) is 0 Å². The number of amides is 3. The van der Waals surface area contributed by atoms with E-state index in [1.807, 2.05) is 0 Å². The normalized spacial score (nSPS) is 13.7. The lowest BCUT2D eigenvalue weighted by Crippen LogP contribution is -2.57. The molecule has 0 aliphatic rings. The van der Waals surface area contributed by atoms with Crippen LogP contribution in [0.3, 0.4) is 0 Å². The molecule has 0 spiro atoms. The average Bonchev–Trinajstić information content (AvgIpc) is 2.61. The maximum Gasteiger partial charge on any atom is 0.326 e. The molecule has 154 valence electrons. The fourth-order valence-corrected chi connectivity index (χ4v) is 2.34. The third-order valence-corrected chi connectivity index (χ3v) is 3.90. The summed E-state index contributed by atoms with van der Waals surface area (Å²) in [4.78, 5) is 57.5. The molecule has 0 saturated heterocycles. The van der Waals surface area contributed by atoms with Crippen LogP contribution in [-0.4, -0.2) is 88.3 Å². The quantitative estimate of drug-likeness (QED) is 0.161. The number of carbonyl (C=O) groups excluding carboxylic acids is 3. The molecule has 0 fully saturated rings. The largest absolute Gasteiger partial charge is 0.481 e. The Bertz CT molecular complexity index is 559. The number of aliphatic carboxylic acids is 2. The maximum absolute atomic E-state index is 12.3. The zero-order valence-electron chi connectivity index (χ0n) is 14.6. The van der Waals surface area contributed by atoms with Crippen LogP contribution < -0.4 is 21.7 Å². The molecule has 0 aliphatic carbocycles. The van der Waals surface area contributed by atoms with Gasteiger partial charge in [0.05, 0.1) is 19.6 Å². The van der Waals surface area contributed by atoms with Gasteiger partial charge in [0, 0.05) is 0 Å². The van der Waals surface area contributed by atoms with Gasteiger partial charge in [0.2, 0.25) is 17.7 Å². The van der Waals surface area contributed by atoms with E-state index in [4.69, 9.17) is 15.9 Å². The minimum atomic E-state index is -1.67. The van der Waals surface area contributed by atoms with Gasteiger partial charge in [-0.05, 0) is 18.4 Å². The van der Waals surface area contributed by atoms with E-state index in [0.29, 0.717) is 5.75 Å². The molecule has 0 saturated carbocycles. The first-order valence-corrected chi connectivity index (χ1v) is 9.20.